The number of carboxylic acid groups (broad SMARTS) is 2. The van der Waals surface area contributed by atoms with Crippen molar-refractivity contribution in [2.24, 2.45) is 0 Å². The fraction of sp³-hybridized carbons (Fsp3) is 0.667. The van der Waals surface area contributed by atoms with Gasteiger partial charge in [-0.2, -0.15) is 13.2 Å². The van der Waals surface area contributed by atoms with Gasteiger partial charge in [0.25, 0.3) is 0 Å². The molecule has 8 nitrogen and oxygen atoms in total. The fourth-order valence-corrected chi connectivity index (χ4v) is 1.72. The third kappa shape index (κ3) is 4.17. The van der Waals surface area contributed by atoms with Crippen molar-refractivity contribution in [1.29, 1.82) is 0 Å². The maximum atomic E-state index is 12.0. The molecular weight excluding hydrogens is 287 g/mol. The number of piperazine rings is 1. The number of carbonyl (C=O) groups is 3. The van der Waals surface area contributed by atoms with Gasteiger partial charge in [0.1, 0.15) is 12.6 Å². The summed E-state index contributed by atoms with van der Waals surface area (Å²) in [5, 5.41) is 19.2. The second-order valence-electron chi connectivity index (χ2n) is 4.05. The van der Waals surface area contributed by atoms with Crippen molar-refractivity contribution in [3.05, 3.63) is 0 Å². The number of alkyl halides is 3. The normalized spacial score (nSPS) is 19.6. The Morgan fingerprint density at radius 2 is 1.75 bits per heavy atom. The van der Waals surface area contributed by atoms with Crippen LogP contribution in [0.1, 0.15) is 0 Å². The number of carbonyl (C=O) groups excluding carboxylic acids is 1. The standard InChI is InChI=1S/C9H12F3N3O5/c10-9(11,12)4-13-6(16)5-3-14(7(17)18)1-2-15(5)8(19)20/h5H,1-4H2,(H,13,16)(H,17,18)(H,19,20)/t5-/m1/s1. The molecule has 3 amide bonds. The first-order chi connectivity index (χ1) is 9.11. The quantitative estimate of drug-likeness (QED) is 0.665. The Kier molecular flexibility index (Phi) is 4.63. The first-order valence-corrected chi connectivity index (χ1v) is 5.43. The molecule has 0 unspecified atom stereocenters. The maximum Gasteiger partial charge on any atom is 0.408 e. The first kappa shape index (κ1) is 15.9. The number of amides is 3. The Bertz CT molecular complexity index is 414. The van der Waals surface area contributed by atoms with Gasteiger partial charge in [-0.1, -0.05) is 0 Å². The molecule has 20 heavy (non-hydrogen) atoms. The van der Waals surface area contributed by atoms with Crippen LogP contribution in [0.5, 0.6) is 0 Å². The summed E-state index contributed by atoms with van der Waals surface area (Å²) in [6.45, 7) is -2.55. The van der Waals surface area contributed by atoms with Crippen LogP contribution in [0.25, 0.3) is 0 Å². The SMILES string of the molecule is O=C(NCC(F)(F)F)[C@H]1CN(C(=O)O)CCN1C(=O)O. The summed E-state index contributed by atoms with van der Waals surface area (Å²) < 4.78 is 36.0. The Labute approximate surface area is 110 Å². The first-order valence-electron chi connectivity index (χ1n) is 5.43. The maximum absolute atomic E-state index is 12.0. The zero-order valence-electron chi connectivity index (χ0n) is 10.1. The molecule has 1 atom stereocenters. The van der Waals surface area contributed by atoms with Crippen molar-refractivity contribution in [2.75, 3.05) is 26.2 Å². The van der Waals surface area contributed by atoms with E-state index in [1.54, 1.807) is 5.32 Å². The zero-order chi connectivity index (χ0) is 15.5. The van der Waals surface area contributed by atoms with Crippen molar-refractivity contribution in [1.82, 2.24) is 15.1 Å². The minimum atomic E-state index is -4.63. The van der Waals surface area contributed by atoms with E-state index in [0.717, 1.165) is 4.90 Å². The van der Waals surface area contributed by atoms with Gasteiger partial charge in [0.05, 0.1) is 6.54 Å². The second kappa shape index (κ2) is 5.84. The molecule has 0 bridgehead atoms. The van der Waals surface area contributed by atoms with Crippen molar-refractivity contribution in [2.45, 2.75) is 12.2 Å². The highest BCUT2D eigenvalue weighted by Gasteiger charge is 2.38. The summed E-state index contributed by atoms with van der Waals surface area (Å²) >= 11 is 0. The van der Waals surface area contributed by atoms with Crippen LogP contribution in [0.3, 0.4) is 0 Å². The van der Waals surface area contributed by atoms with Gasteiger partial charge < -0.3 is 20.4 Å². The lowest BCUT2D eigenvalue weighted by Gasteiger charge is -2.37. The van der Waals surface area contributed by atoms with E-state index in [1.165, 1.54) is 0 Å². The van der Waals surface area contributed by atoms with Crippen LogP contribution in [-0.4, -0.2) is 76.5 Å². The van der Waals surface area contributed by atoms with Crippen molar-refractivity contribution < 1.29 is 37.8 Å². The Morgan fingerprint density at radius 1 is 1.15 bits per heavy atom. The van der Waals surface area contributed by atoms with Crippen LogP contribution in [0, 0.1) is 0 Å². The van der Waals surface area contributed by atoms with Crippen LogP contribution < -0.4 is 5.32 Å². The van der Waals surface area contributed by atoms with E-state index < -0.39 is 43.4 Å². The monoisotopic (exact) mass is 299 g/mol. The Balaban J connectivity index is 2.75. The minimum absolute atomic E-state index is 0.148. The lowest BCUT2D eigenvalue weighted by Crippen LogP contribution is -2.61. The molecule has 3 N–H and O–H groups in total. The summed E-state index contributed by atoms with van der Waals surface area (Å²) in [6, 6.07) is -1.50. The Morgan fingerprint density at radius 3 is 2.20 bits per heavy atom. The molecule has 1 aliphatic rings. The zero-order valence-corrected chi connectivity index (χ0v) is 10.1. The number of rotatable bonds is 2. The molecule has 0 aromatic heterocycles. The van der Waals surface area contributed by atoms with E-state index in [4.69, 9.17) is 10.2 Å². The highest BCUT2D eigenvalue weighted by Crippen LogP contribution is 2.14. The number of nitrogens with zero attached hydrogens (tertiary/aromatic N) is 2. The third-order valence-electron chi connectivity index (χ3n) is 2.66. The molecule has 0 aromatic carbocycles. The average Bonchev–Trinajstić information content (AvgIpc) is 2.34. The van der Waals surface area contributed by atoms with E-state index in [9.17, 15) is 27.6 Å². The molecule has 1 heterocycles. The molecule has 0 radical (unpaired) electrons. The van der Waals surface area contributed by atoms with Crippen molar-refractivity contribution in [3.63, 3.8) is 0 Å². The van der Waals surface area contributed by atoms with Gasteiger partial charge in [0, 0.05) is 13.1 Å². The van der Waals surface area contributed by atoms with E-state index in [0.29, 0.717) is 4.90 Å². The number of hydrogen-bond donors (Lipinski definition) is 3. The van der Waals surface area contributed by atoms with Gasteiger partial charge in [-0.15, -0.1) is 0 Å². The lowest BCUT2D eigenvalue weighted by atomic mass is 10.1. The van der Waals surface area contributed by atoms with Gasteiger partial charge in [-0.25, -0.2) is 9.59 Å². The van der Waals surface area contributed by atoms with Crippen LogP contribution in [-0.2, 0) is 4.79 Å². The molecule has 0 aromatic rings. The van der Waals surface area contributed by atoms with Gasteiger partial charge in [0.15, 0.2) is 0 Å². The van der Waals surface area contributed by atoms with Crippen LogP contribution >= 0.6 is 0 Å². The van der Waals surface area contributed by atoms with Crippen LogP contribution in [0.15, 0.2) is 0 Å². The number of nitrogens with one attached hydrogen (secondary N) is 1. The molecule has 1 aliphatic heterocycles. The largest absolute Gasteiger partial charge is 0.465 e. The smallest absolute Gasteiger partial charge is 0.408 e. The summed E-state index contributed by atoms with van der Waals surface area (Å²) in [6.07, 6.45) is -7.50. The molecule has 0 spiro atoms. The number of halogens is 3. The van der Waals surface area contributed by atoms with Crippen molar-refractivity contribution >= 4 is 18.1 Å². The third-order valence-corrected chi connectivity index (χ3v) is 2.66. The van der Waals surface area contributed by atoms with Crippen LogP contribution in [0.2, 0.25) is 0 Å². The highest BCUT2D eigenvalue weighted by atomic mass is 19.4. The molecule has 114 valence electrons. The minimum Gasteiger partial charge on any atom is -0.465 e. The predicted molar refractivity (Wildman–Crippen MR) is 57.2 cm³/mol. The van der Waals surface area contributed by atoms with Crippen molar-refractivity contribution in [3.8, 4) is 0 Å². The lowest BCUT2D eigenvalue weighted by molar-refractivity contribution is -0.142. The summed E-state index contributed by atoms with van der Waals surface area (Å²) in [4.78, 5) is 34.7. The molecule has 1 rings (SSSR count). The topological polar surface area (TPSA) is 110 Å². The predicted octanol–water partition coefficient (Wildman–Crippen LogP) is 0.00710. The molecule has 11 heteroatoms. The molecule has 0 saturated carbocycles. The highest BCUT2D eigenvalue weighted by molar-refractivity contribution is 5.86. The number of hydrogen-bond acceptors (Lipinski definition) is 3. The van der Waals surface area contributed by atoms with Gasteiger partial charge in [-0.05, 0) is 0 Å². The van der Waals surface area contributed by atoms with Gasteiger partial charge >= 0.3 is 18.4 Å². The van der Waals surface area contributed by atoms with Gasteiger partial charge in [0.2, 0.25) is 5.91 Å². The Hall–Kier alpha value is -2.20. The van der Waals surface area contributed by atoms with Gasteiger partial charge in [-0.3, -0.25) is 9.69 Å². The summed E-state index contributed by atoms with van der Waals surface area (Å²) in [7, 11) is 0. The molecule has 1 fully saturated rings. The van der Waals surface area contributed by atoms with E-state index in [2.05, 4.69) is 0 Å². The molecular formula is C9H12F3N3O5. The summed E-state index contributed by atoms with van der Waals surface area (Å²) in [5.41, 5.74) is 0. The van der Waals surface area contributed by atoms with E-state index in [1.807, 2.05) is 0 Å². The fourth-order valence-electron chi connectivity index (χ4n) is 1.72. The summed E-state index contributed by atoms with van der Waals surface area (Å²) in [5.74, 6) is -1.18. The molecule has 1 saturated heterocycles. The average molecular weight is 299 g/mol. The van der Waals surface area contributed by atoms with Crippen LogP contribution in [0.4, 0.5) is 22.8 Å². The molecule has 0 aliphatic carbocycles. The van der Waals surface area contributed by atoms with E-state index in [-0.39, 0.29) is 13.1 Å². The van der Waals surface area contributed by atoms with E-state index >= 15 is 0 Å². The second-order valence-corrected chi connectivity index (χ2v) is 4.05.